The molecule has 114 valence electrons. The van der Waals surface area contributed by atoms with E-state index in [-0.39, 0.29) is 5.41 Å². The third-order valence-corrected chi connectivity index (χ3v) is 7.08. The van der Waals surface area contributed by atoms with E-state index < -0.39 is 10.0 Å². The van der Waals surface area contributed by atoms with Crippen molar-refractivity contribution in [2.75, 3.05) is 19.6 Å². The minimum Gasteiger partial charge on any atom is -0.317 e. The molecule has 0 amide bonds. The largest absolute Gasteiger partial charge is 0.317 e. The zero-order chi connectivity index (χ0) is 14.6. The van der Waals surface area contributed by atoms with Crippen molar-refractivity contribution >= 4 is 21.4 Å². The molecule has 1 aromatic heterocycles. The number of hydrogen-bond donors (Lipinski definition) is 2. The van der Waals surface area contributed by atoms with Gasteiger partial charge in [-0.3, -0.25) is 0 Å². The molecule has 0 aliphatic heterocycles. The number of rotatable bonds is 9. The van der Waals surface area contributed by atoms with E-state index in [1.54, 1.807) is 6.07 Å². The molecule has 0 atom stereocenters. The van der Waals surface area contributed by atoms with E-state index in [9.17, 15) is 8.42 Å². The lowest BCUT2D eigenvalue weighted by atomic mass is 10.1. The van der Waals surface area contributed by atoms with Gasteiger partial charge in [0.1, 0.15) is 4.21 Å². The normalized spacial score (nSPS) is 17.3. The lowest BCUT2D eigenvalue weighted by Crippen LogP contribution is -2.29. The van der Waals surface area contributed by atoms with Crippen molar-refractivity contribution in [3.05, 3.63) is 17.0 Å². The SMILES string of the molecule is CCNCCc1ccc(S(=O)(=O)NCC2(CC)CC2)s1. The third kappa shape index (κ3) is 4.04. The summed E-state index contributed by atoms with van der Waals surface area (Å²) in [5.74, 6) is 0. The van der Waals surface area contributed by atoms with Crippen LogP contribution >= 0.6 is 11.3 Å². The van der Waals surface area contributed by atoms with Gasteiger partial charge in [0, 0.05) is 11.4 Å². The first kappa shape index (κ1) is 15.9. The highest BCUT2D eigenvalue weighted by Gasteiger charge is 2.41. The minimum atomic E-state index is -3.33. The van der Waals surface area contributed by atoms with Crippen LogP contribution in [0.2, 0.25) is 0 Å². The van der Waals surface area contributed by atoms with Gasteiger partial charge in [0.2, 0.25) is 10.0 Å². The lowest BCUT2D eigenvalue weighted by molar-refractivity contribution is 0.476. The summed E-state index contributed by atoms with van der Waals surface area (Å²) in [5, 5.41) is 3.25. The summed E-state index contributed by atoms with van der Waals surface area (Å²) in [7, 11) is -3.33. The van der Waals surface area contributed by atoms with Crippen LogP contribution in [-0.4, -0.2) is 28.1 Å². The minimum absolute atomic E-state index is 0.234. The van der Waals surface area contributed by atoms with Crippen LogP contribution in [0, 0.1) is 5.41 Å². The van der Waals surface area contributed by atoms with Crippen LogP contribution in [0.1, 0.15) is 38.0 Å². The molecule has 1 saturated carbocycles. The summed E-state index contributed by atoms with van der Waals surface area (Å²) < 4.78 is 27.7. The monoisotopic (exact) mass is 316 g/mol. The maximum Gasteiger partial charge on any atom is 0.250 e. The molecule has 0 unspecified atom stereocenters. The Hall–Kier alpha value is -0.430. The quantitative estimate of drug-likeness (QED) is 0.688. The van der Waals surface area contributed by atoms with Gasteiger partial charge in [-0.2, -0.15) is 0 Å². The molecule has 1 aliphatic carbocycles. The number of sulfonamides is 1. The molecule has 2 rings (SSSR count). The molecule has 1 aromatic rings. The van der Waals surface area contributed by atoms with Gasteiger partial charge in [0.05, 0.1) is 0 Å². The van der Waals surface area contributed by atoms with Crippen molar-refractivity contribution in [2.24, 2.45) is 5.41 Å². The van der Waals surface area contributed by atoms with Crippen LogP contribution in [0.4, 0.5) is 0 Å². The molecule has 2 N–H and O–H groups in total. The first-order valence-corrected chi connectivity index (χ1v) is 9.60. The molecule has 0 aromatic carbocycles. The smallest absolute Gasteiger partial charge is 0.250 e. The third-order valence-electron chi connectivity index (χ3n) is 4.04. The van der Waals surface area contributed by atoms with E-state index in [1.165, 1.54) is 11.3 Å². The summed E-state index contributed by atoms with van der Waals surface area (Å²) in [6, 6.07) is 3.64. The Kier molecular flexibility index (Phi) is 5.23. The summed E-state index contributed by atoms with van der Waals surface area (Å²) in [5.41, 5.74) is 0.234. The van der Waals surface area contributed by atoms with Gasteiger partial charge in [-0.15, -0.1) is 11.3 Å². The fraction of sp³-hybridized carbons (Fsp3) is 0.714. The second-order valence-electron chi connectivity index (χ2n) is 5.50. The van der Waals surface area contributed by atoms with E-state index in [2.05, 4.69) is 23.9 Å². The molecular weight excluding hydrogens is 292 g/mol. The van der Waals surface area contributed by atoms with Gasteiger partial charge in [-0.05, 0) is 56.3 Å². The fourth-order valence-electron chi connectivity index (χ4n) is 2.18. The molecule has 1 heterocycles. The summed E-state index contributed by atoms with van der Waals surface area (Å²) in [4.78, 5) is 1.11. The Morgan fingerprint density at radius 2 is 2.05 bits per heavy atom. The topological polar surface area (TPSA) is 58.2 Å². The van der Waals surface area contributed by atoms with Gasteiger partial charge in [-0.25, -0.2) is 13.1 Å². The van der Waals surface area contributed by atoms with Crippen LogP contribution in [-0.2, 0) is 16.4 Å². The first-order chi connectivity index (χ1) is 9.51. The molecule has 20 heavy (non-hydrogen) atoms. The molecule has 0 saturated heterocycles. The van der Waals surface area contributed by atoms with Crippen molar-refractivity contribution in [1.29, 1.82) is 0 Å². The number of thiophene rings is 1. The highest BCUT2D eigenvalue weighted by molar-refractivity contribution is 7.91. The first-order valence-electron chi connectivity index (χ1n) is 7.30. The van der Waals surface area contributed by atoms with Gasteiger partial charge < -0.3 is 5.32 Å². The molecule has 1 fully saturated rings. The van der Waals surface area contributed by atoms with Crippen LogP contribution in [0.5, 0.6) is 0 Å². The molecule has 0 bridgehead atoms. The van der Waals surface area contributed by atoms with Crippen LogP contribution in [0.3, 0.4) is 0 Å². The number of nitrogens with one attached hydrogen (secondary N) is 2. The van der Waals surface area contributed by atoms with Crippen LogP contribution in [0.25, 0.3) is 0 Å². The lowest BCUT2D eigenvalue weighted by Gasteiger charge is -2.12. The Morgan fingerprint density at radius 1 is 1.30 bits per heavy atom. The maximum absolute atomic E-state index is 12.2. The zero-order valence-electron chi connectivity index (χ0n) is 12.2. The molecule has 4 nitrogen and oxygen atoms in total. The summed E-state index contributed by atoms with van der Waals surface area (Å²) in [6.07, 6.45) is 4.22. The Labute approximate surface area is 126 Å². The van der Waals surface area contributed by atoms with Crippen molar-refractivity contribution in [1.82, 2.24) is 10.0 Å². The fourth-order valence-corrected chi connectivity index (χ4v) is 4.73. The Bertz CT molecular complexity index is 533. The Balaban J connectivity index is 1.92. The highest BCUT2D eigenvalue weighted by atomic mass is 32.2. The number of hydrogen-bond acceptors (Lipinski definition) is 4. The second kappa shape index (κ2) is 6.56. The average Bonchev–Trinajstić information content (AvgIpc) is 3.06. The van der Waals surface area contributed by atoms with E-state index in [4.69, 9.17) is 0 Å². The van der Waals surface area contributed by atoms with Crippen molar-refractivity contribution in [3.8, 4) is 0 Å². The predicted molar refractivity (Wildman–Crippen MR) is 83.7 cm³/mol. The second-order valence-corrected chi connectivity index (χ2v) is 8.66. The maximum atomic E-state index is 12.2. The van der Waals surface area contributed by atoms with E-state index >= 15 is 0 Å². The van der Waals surface area contributed by atoms with Crippen molar-refractivity contribution in [2.45, 2.75) is 43.7 Å². The Morgan fingerprint density at radius 3 is 2.65 bits per heavy atom. The van der Waals surface area contributed by atoms with Gasteiger partial charge >= 0.3 is 0 Å². The van der Waals surface area contributed by atoms with Crippen LogP contribution < -0.4 is 10.0 Å². The van der Waals surface area contributed by atoms with Crippen molar-refractivity contribution in [3.63, 3.8) is 0 Å². The van der Waals surface area contributed by atoms with E-state index in [1.807, 2.05) is 6.07 Å². The van der Waals surface area contributed by atoms with Gasteiger partial charge in [-0.1, -0.05) is 13.8 Å². The summed E-state index contributed by atoms with van der Waals surface area (Å²) in [6.45, 7) is 6.61. The molecule has 0 spiro atoms. The van der Waals surface area contributed by atoms with E-state index in [0.29, 0.717) is 10.8 Å². The van der Waals surface area contributed by atoms with E-state index in [0.717, 1.165) is 43.6 Å². The molecule has 0 radical (unpaired) electrons. The molecule has 1 aliphatic rings. The predicted octanol–water partition coefficient (Wildman–Crippen LogP) is 2.37. The zero-order valence-corrected chi connectivity index (χ0v) is 13.9. The summed E-state index contributed by atoms with van der Waals surface area (Å²) >= 11 is 1.38. The molecule has 6 heteroatoms. The van der Waals surface area contributed by atoms with Gasteiger partial charge in [0.25, 0.3) is 0 Å². The highest BCUT2D eigenvalue weighted by Crippen LogP contribution is 2.48. The van der Waals surface area contributed by atoms with Crippen LogP contribution in [0.15, 0.2) is 16.3 Å². The molecular formula is C14H24N2O2S2. The van der Waals surface area contributed by atoms with Gasteiger partial charge in [0.15, 0.2) is 0 Å². The number of likely N-dealkylation sites (N-methyl/N-ethyl adjacent to an activating group) is 1. The average molecular weight is 316 g/mol. The van der Waals surface area contributed by atoms with Crippen molar-refractivity contribution < 1.29 is 8.42 Å². The standard InChI is InChI=1S/C14H24N2O2S2/c1-3-14(8-9-14)11-16-20(17,18)13-6-5-12(19-13)7-10-15-4-2/h5-6,15-16H,3-4,7-11H2,1-2H3.